The fraction of sp³-hybridized carbons (Fsp3) is 0.909. The first-order chi connectivity index (χ1) is 15.3. The number of carbonyl (C=O) groups excluding carboxylic acids is 1. The number of hydrogen-bond acceptors (Lipinski definition) is 8. The molecule has 2 rings (SSSR count). The Balaban J connectivity index is 2.27. The highest BCUT2D eigenvalue weighted by Gasteiger charge is 2.51. The van der Waals surface area contributed by atoms with Crippen molar-refractivity contribution in [3.8, 4) is 0 Å². The molecule has 0 aromatic carbocycles. The number of halogens is 1. The Morgan fingerprint density at radius 2 is 1.81 bits per heavy atom. The monoisotopic (exact) mass is 478 g/mol. The van der Waals surface area contributed by atoms with Gasteiger partial charge in [-0.15, -0.1) is 0 Å². The van der Waals surface area contributed by atoms with E-state index in [9.17, 15) is 14.3 Å². The van der Waals surface area contributed by atoms with Gasteiger partial charge in [-0.3, -0.25) is 9.89 Å². The number of aliphatic hydroxyl groups is 1. The van der Waals surface area contributed by atoms with Gasteiger partial charge in [0.25, 0.3) is 0 Å². The highest BCUT2D eigenvalue weighted by Crippen LogP contribution is 2.40. The highest BCUT2D eigenvalue weighted by molar-refractivity contribution is 8.14. The van der Waals surface area contributed by atoms with Crippen LogP contribution in [0.1, 0.15) is 60.3 Å². The van der Waals surface area contributed by atoms with Crippen LogP contribution < -0.4 is 0 Å². The summed E-state index contributed by atoms with van der Waals surface area (Å²) < 4.78 is 37.1. The molecule has 186 valence electrons. The van der Waals surface area contributed by atoms with Crippen LogP contribution in [-0.2, 0) is 18.9 Å². The van der Waals surface area contributed by atoms with E-state index in [0.717, 1.165) is 25.7 Å². The van der Waals surface area contributed by atoms with Crippen molar-refractivity contribution in [3.63, 3.8) is 0 Å². The van der Waals surface area contributed by atoms with Crippen LogP contribution in [-0.4, -0.2) is 89.7 Å². The summed E-state index contributed by atoms with van der Waals surface area (Å²) in [6.45, 7) is 9.38. The Kier molecular flexibility index (Phi) is 11.2. The van der Waals surface area contributed by atoms with E-state index in [1.807, 2.05) is 0 Å². The minimum atomic E-state index is -0.729. The zero-order valence-corrected chi connectivity index (χ0v) is 20.7. The lowest BCUT2D eigenvalue weighted by Gasteiger charge is -2.42. The summed E-state index contributed by atoms with van der Waals surface area (Å²) in [5, 5.41) is 10.3. The van der Waals surface area contributed by atoms with Gasteiger partial charge in [0.2, 0.25) is 0 Å². The van der Waals surface area contributed by atoms with E-state index < -0.39 is 48.2 Å². The van der Waals surface area contributed by atoms with Crippen molar-refractivity contribution in [2.75, 3.05) is 33.0 Å². The number of ether oxygens (including phenoxy) is 4. The smallest absolute Gasteiger partial charge is 0.416 e. The van der Waals surface area contributed by atoms with Gasteiger partial charge in [-0.2, -0.15) is 0 Å². The molecular formula is C22H39FN2O6S. The first-order valence-corrected chi connectivity index (χ1v) is 12.4. The maximum Gasteiger partial charge on any atom is 0.416 e. The van der Waals surface area contributed by atoms with Crippen molar-refractivity contribution >= 4 is 23.0 Å². The SMILES string of the molecule is CCCCO[C@@H]1[C@H]2N=C(N(CCF)C(=O)OC(C)(C)C)S[C@H]2O[C@H](CO)[C@H]1OCCCC. The van der Waals surface area contributed by atoms with Crippen LogP contribution in [0.2, 0.25) is 0 Å². The second kappa shape index (κ2) is 13.1. The third kappa shape index (κ3) is 7.55. The number of unbranched alkanes of at least 4 members (excludes halogenated alkanes) is 2. The Bertz CT molecular complexity index is 618. The van der Waals surface area contributed by atoms with Crippen molar-refractivity contribution in [1.29, 1.82) is 0 Å². The average molecular weight is 479 g/mol. The number of aliphatic imine (C=N–C) groups is 1. The van der Waals surface area contributed by atoms with Crippen LogP contribution in [0.15, 0.2) is 4.99 Å². The van der Waals surface area contributed by atoms with Crippen molar-refractivity contribution in [2.45, 2.75) is 95.7 Å². The summed E-state index contributed by atoms with van der Waals surface area (Å²) in [4.78, 5) is 18.6. The molecule has 2 heterocycles. The molecule has 32 heavy (non-hydrogen) atoms. The number of amides is 1. The molecule has 0 unspecified atom stereocenters. The summed E-state index contributed by atoms with van der Waals surface area (Å²) in [5.74, 6) is 0. The minimum Gasteiger partial charge on any atom is -0.443 e. The lowest BCUT2D eigenvalue weighted by molar-refractivity contribution is -0.199. The molecule has 1 amide bonds. The van der Waals surface area contributed by atoms with Crippen LogP contribution >= 0.6 is 11.8 Å². The van der Waals surface area contributed by atoms with E-state index in [0.29, 0.717) is 18.4 Å². The summed E-state index contributed by atoms with van der Waals surface area (Å²) in [6, 6.07) is -0.439. The zero-order chi connectivity index (χ0) is 23.7. The van der Waals surface area contributed by atoms with Crippen LogP contribution in [0.25, 0.3) is 0 Å². The molecule has 0 aromatic heterocycles. The number of aliphatic hydroxyl groups excluding tert-OH is 1. The van der Waals surface area contributed by atoms with Gasteiger partial charge >= 0.3 is 6.09 Å². The maximum absolute atomic E-state index is 13.3. The predicted molar refractivity (Wildman–Crippen MR) is 123 cm³/mol. The number of hydrogen-bond donors (Lipinski definition) is 1. The highest BCUT2D eigenvalue weighted by atomic mass is 32.2. The fourth-order valence-electron chi connectivity index (χ4n) is 3.45. The molecule has 1 saturated heterocycles. The van der Waals surface area contributed by atoms with Gasteiger partial charge in [0.1, 0.15) is 42.1 Å². The van der Waals surface area contributed by atoms with Gasteiger partial charge in [0.15, 0.2) is 5.17 Å². The Morgan fingerprint density at radius 3 is 2.34 bits per heavy atom. The van der Waals surface area contributed by atoms with Gasteiger partial charge in [-0.25, -0.2) is 9.18 Å². The van der Waals surface area contributed by atoms with Crippen molar-refractivity contribution in [3.05, 3.63) is 0 Å². The number of nitrogens with zero attached hydrogens (tertiary/aromatic N) is 2. The topological polar surface area (TPSA) is 89.8 Å². The quantitative estimate of drug-likeness (QED) is 0.452. The van der Waals surface area contributed by atoms with Crippen molar-refractivity contribution < 1.29 is 33.2 Å². The third-order valence-corrected chi connectivity index (χ3v) is 6.20. The molecular weight excluding hydrogens is 439 g/mol. The van der Waals surface area contributed by atoms with E-state index >= 15 is 0 Å². The first-order valence-electron chi connectivity index (χ1n) is 11.6. The fourth-order valence-corrected chi connectivity index (χ4v) is 4.69. The van der Waals surface area contributed by atoms with E-state index in [2.05, 4.69) is 13.8 Å². The molecule has 5 atom stereocenters. The molecule has 0 bridgehead atoms. The Labute approximate surface area is 195 Å². The van der Waals surface area contributed by atoms with Gasteiger partial charge in [0.05, 0.1) is 13.2 Å². The molecule has 0 aromatic rings. The van der Waals surface area contributed by atoms with Crippen molar-refractivity contribution in [1.82, 2.24) is 4.90 Å². The average Bonchev–Trinajstić information content (AvgIpc) is 3.14. The van der Waals surface area contributed by atoms with Crippen LogP contribution in [0, 0.1) is 0 Å². The molecule has 2 aliphatic rings. The molecule has 0 aliphatic carbocycles. The van der Waals surface area contributed by atoms with Crippen molar-refractivity contribution in [2.24, 2.45) is 4.99 Å². The summed E-state index contributed by atoms with van der Waals surface area (Å²) in [6.07, 6.45) is 1.59. The molecule has 1 N–H and O–H groups in total. The minimum absolute atomic E-state index is 0.165. The number of amidine groups is 1. The molecule has 2 aliphatic heterocycles. The van der Waals surface area contributed by atoms with Crippen LogP contribution in [0.3, 0.4) is 0 Å². The van der Waals surface area contributed by atoms with E-state index in [-0.39, 0.29) is 13.2 Å². The number of fused-ring (bicyclic) bond motifs is 1. The Hall–Kier alpha value is -0.940. The lowest BCUT2D eigenvalue weighted by Crippen LogP contribution is -2.58. The predicted octanol–water partition coefficient (Wildman–Crippen LogP) is 3.75. The number of alkyl halides is 1. The van der Waals surface area contributed by atoms with Crippen LogP contribution in [0.4, 0.5) is 9.18 Å². The van der Waals surface area contributed by atoms with E-state index in [1.54, 1.807) is 20.8 Å². The van der Waals surface area contributed by atoms with E-state index in [4.69, 9.17) is 23.9 Å². The van der Waals surface area contributed by atoms with E-state index in [1.165, 1.54) is 16.7 Å². The number of rotatable bonds is 11. The second-order valence-corrected chi connectivity index (χ2v) is 10.0. The molecule has 0 saturated carbocycles. The van der Waals surface area contributed by atoms with Gasteiger partial charge < -0.3 is 24.1 Å². The normalized spacial score (nSPS) is 27.7. The second-order valence-electron chi connectivity index (χ2n) is 8.94. The molecule has 10 heteroatoms. The summed E-state index contributed by atoms with van der Waals surface area (Å²) in [7, 11) is 0. The zero-order valence-electron chi connectivity index (χ0n) is 19.9. The standard InChI is InChI=1S/C22H39FN2O6S/c1-6-8-12-28-17-15(14-26)30-19-16(18(17)29-13-9-7-2)24-20(32-19)25(11-10-23)21(27)31-22(3,4)5/h15-19,26H,6-14H2,1-5H3/t15-,16-,17-,18-,19-/m1/s1. The molecule has 0 radical (unpaired) electrons. The Morgan fingerprint density at radius 1 is 1.19 bits per heavy atom. The van der Waals surface area contributed by atoms with Gasteiger partial charge in [-0.05, 0) is 33.6 Å². The largest absolute Gasteiger partial charge is 0.443 e. The number of carbonyl (C=O) groups is 1. The van der Waals surface area contributed by atoms with Gasteiger partial charge in [-0.1, -0.05) is 38.5 Å². The summed E-state index contributed by atoms with van der Waals surface area (Å²) >= 11 is 1.23. The third-order valence-electron chi connectivity index (χ3n) is 5.04. The van der Waals surface area contributed by atoms with Gasteiger partial charge in [0, 0.05) is 13.2 Å². The number of thioether (sulfide) groups is 1. The first kappa shape index (κ1) is 27.3. The molecule has 1 fully saturated rings. The molecule has 8 nitrogen and oxygen atoms in total. The lowest BCUT2D eigenvalue weighted by atomic mass is 9.98. The summed E-state index contributed by atoms with van der Waals surface area (Å²) in [5.41, 5.74) is -1.19. The maximum atomic E-state index is 13.3. The molecule has 0 spiro atoms. The van der Waals surface area contributed by atoms with Crippen LogP contribution in [0.5, 0.6) is 0 Å².